The number of alkyl halides is 3. The molecule has 3 aromatic carbocycles. The topological polar surface area (TPSA) is 76.9 Å². The van der Waals surface area contributed by atoms with Gasteiger partial charge in [-0.05, 0) is 66.7 Å². The van der Waals surface area contributed by atoms with E-state index in [1.54, 1.807) is 30.5 Å². The lowest BCUT2D eigenvalue weighted by atomic mass is 10.2. The molecular weight excluding hydrogens is 461 g/mol. The van der Waals surface area contributed by atoms with E-state index in [1.807, 2.05) is 40.9 Å². The Morgan fingerprint density at radius 3 is 2.14 bits per heavy atom. The molecule has 10 heteroatoms. The molecule has 0 aliphatic rings. The first-order valence-electron chi connectivity index (χ1n) is 10.4. The number of hydrogen-bond donors (Lipinski definition) is 2. The highest BCUT2D eigenvalue weighted by atomic mass is 19.4. The van der Waals surface area contributed by atoms with E-state index in [2.05, 4.69) is 20.4 Å². The summed E-state index contributed by atoms with van der Waals surface area (Å²) >= 11 is 0. The van der Waals surface area contributed by atoms with Gasteiger partial charge in [-0.15, -0.1) is 13.2 Å². The summed E-state index contributed by atoms with van der Waals surface area (Å²) in [5.41, 5.74) is 2.50. The van der Waals surface area contributed by atoms with Crippen LogP contribution in [0.1, 0.15) is 0 Å². The average molecular weight is 478 g/mol. The Balaban J connectivity index is 1.24. The number of carbonyl (C=O) groups excluding carboxylic acids is 1. The molecule has 0 aliphatic carbocycles. The van der Waals surface area contributed by atoms with Gasteiger partial charge in [0.2, 0.25) is 0 Å². The molecule has 0 spiro atoms. The fourth-order valence-electron chi connectivity index (χ4n) is 3.57. The van der Waals surface area contributed by atoms with Gasteiger partial charge in [0.15, 0.2) is 5.75 Å². The summed E-state index contributed by atoms with van der Waals surface area (Å²) in [7, 11) is 0. The molecule has 0 saturated carbocycles. The number of imidazole rings is 1. The number of benzene rings is 3. The van der Waals surface area contributed by atoms with Crippen molar-refractivity contribution in [2.75, 3.05) is 10.6 Å². The van der Waals surface area contributed by atoms with Crippen LogP contribution >= 0.6 is 0 Å². The van der Waals surface area contributed by atoms with E-state index < -0.39 is 12.4 Å². The number of carbonyl (C=O) groups is 1. The zero-order chi connectivity index (χ0) is 24.4. The second-order valence-electron chi connectivity index (χ2n) is 7.46. The number of nitrogens with one attached hydrogen (secondary N) is 2. The number of aromatic nitrogens is 2. The highest BCUT2D eigenvalue weighted by molar-refractivity contribution is 5.99. The minimum Gasteiger partial charge on any atom is -0.455 e. The lowest BCUT2D eigenvalue weighted by Crippen LogP contribution is -2.19. The summed E-state index contributed by atoms with van der Waals surface area (Å²) in [6.45, 7) is 0. The van der Waals surface area contributed by atoms with Crippen LogP contribution in [-0.4, -0.2) is 21.8 Å². The molecule has 0 aliphatic heterocycles. The molecule has 2 amide bonds. The smallest absolute Gasteiger partial charge is 0.455 e. The van der Waals surface area contributed by atoms with Crippen molar-refractivity contribution in [1.82, 2.24) is 9.38 Å². The van der Waals surface area contributed by atoms with Crippen LogP contribution in [0.5, 0.6) is 17.2 Å². The van der Waals surface area contributed by atoms with Gasteiger partial charge >= 0.3 is 12.4 Å². The van der Waals surface area contributed by atoms with Gasteiger partial charge in [0.1, 0.15) is 17.1 Å². The number of urea groups is 1. The molecule has 35 heavy (non-hydrogen) atoms. The lowest BCUT2D eigenvalue weighted by molar-refractivity contribution is -0.274. The monoisotopic (exact) mass is 478 g/mol. The average Bonchev–Trinajstić information content (AvgIpc) is 3.30. The fourth-order valence-corrected chi connectivity index (χ4v) is 3.57. The third-order valence-corrected chi connectivity index (χ3v) is 5.04. The van der Waals surface area contributed by atoms with Crippen LogP contribution in [0.3, 0.4) is 0 Å². The molecular formula is C25H17F3N4O3. The molecule has 176 valence electrons. The van der Waals surface area contributed by atoms with Crippen molar-refractivity contribution in [3.63, 3.8) is 0 Å². The van der Waals surface area contributed by atoms with E-state index in [1.165, 1.54) is 12.1 Å². The summed E-state index contributed by atoms with van der Waals surface area (Å²) in [4.78, 5) is 16.6. The number of ether oxygens (including phenoxy) is 2. The van der Waals surface area contributed by atoms with Crippen LogP contribution in [0.4, 0.5) is 29.3 Å². The minimum absolute atomic E-state index is 0.304. The molecule has 2 heterocycles. The van der Waals surface area contributed by atoms with Crippen molar-refractivity contribution in [3.05, 3.63) is 91.3 Å². The number of amides is 2. The number of anilines is 2. The first-order chi connectivity index (χ1) is 16.8. The fraction of sp³-hybridized carbons (Fsp3) is 0.0400. The van der Waals surface area contributed by atoms with E-state index in [9.17, 15) is 18.0 Å². The van der Waals surface area contributed by atoms with Gasteiger partial charge in [-0.3, -0.25) is 4.40 Å². The van der Waals surface area contributed by atoms with Gasteiger partial charge in [-0.1, -0.05) is 12.1 Å². The van der Waals surface area contributed by atoms with Crippen molar-refractivity contribution < 1.29 is 27.4 Å². The molecule has 0 atom stereocenters. The Morgan fingerprint density at radius 2 is 1.49 bits per heavy atom. The van der Waals surface area contributed by atoms with Gasteiger partial charge in [0.05, 0.1) is 5.52 Å². The summed E-state index contributed by atoms with van der Waals surface area (Å²) in [6.07, 6.45) is -1.18. The van der Waals surface area contributed by atoms with E-state index in [4.69, 9.17) is 4.74 Å². The number of pyridine rings is 1. The number of para-hydroxylation sites is 1. The first kappa shape index (κ1) is 22.1. The second kappa shape index (κ2) is 8.90. The zero-order valence-electron chi connectivity index (χ0n) is 17.9. The standard InChI is InChI=1S/C25H17F3N4O3/c26-25(27,28)35-20-11-7-18(8-12-20)31-24(33)30-17-5-9-19(10-6-17)34-21-3-1-2-16-4-13-22-29-14-15-32(22)23(16)21/h1-15H,(H2,30,31,33). The number of hydrogen-bond acceptors (Lipinski definition) is 4. The van der Waals surface area contributed by atoms with Crippen LogP contribution in [-0.2, 0) is 0 Å². The van der Waals surface area contributed by atoms with Crippen molar-refractivity contribution in [2.45, 2.75) is 6.36 Å². The van der Waals surface area contributed by atoms with Gasteiger partial charge in [0, 0.05) is 29.2 Å². The molecule has 2 N–H and O–H groups in total. The Kier molecular flexibility index (Phi) is 5.61. The van der Waals surface area contributed by atoms with Crippen molar-refractivity contribution >= 4 is 34.0 Å². The number of nitrogens with zero attached hydrogens (tertiary/aromatic N) is 2. The summed E-state index contributed by atoms with van der Waals surface area (Å²) in [5, 5.41) is 6.20. The zero-order valence-corrected chi connectivity index (χ0v) is 17.9. The van der Waals surface area contributed by atoms with Gasteiger partial charge in [-0.25, -0.2) is 9.78 Å². The molecule has 5 rings (SSSR count). The second-order valence-corrected chi connectivity index (χ2v) is 7.46. The highest BCUT2D eigenvalue weighted by Crippen LogP contribution is 2.31. The van der Waals surface area contributed by atoms with Crippen LogP contribution < -0.4 is 20.1 Å². The molecule has 0 radical (unpaired) electrons. The molecule has 0 saturated heterocycles. The summed E-state index contributed by atoms with van der Waals surface area (Å²) < 4.78 is 48.6. The normalized spacial score (nSPS) is 11.4. The number of rotatable bonds is 5. The Morgan fingerprint density at radius 1 is 0.829 bits per heavy atom. The molecule has 7 nitrogen and oxygen atoms in total. The van der Waals surface area contributed by atoms with Crippen molar-refractivity contribution in [1.29, 1.82) is 0 Å². The van der Waals surface area contributed by atoms with Gasteiger partial charge in [0.25, 0.3) is 0 Å². The van der Waals surface area contributed by atoms with Gasteiger partial charge in [-0.2, -0.15) is 0 Å². The maximum absolute atomic E-state index is 12.2. The first-order valence-corrected chi connectivity index (χ1v) is 10.4. The number of halogens is 3. The van der Waals surface area contributed by atoms with Crippen LogP contribution in [0.15, 0.2) is 91.3 Å². The third kappa shape index (κ3) is 5.11. The summed E-state index contributed by atoms with van der Waals surface area (Å²) in [5.74, 6) is 0.849. The Bertz CT molecular complexity index is 1500. The molecule has 0 bridgehead atoms. The molecule has 2 aromatic heterocycles. The predicted molar refractivity (Wildman–Crippen MR) is 125 cm³/mol. The van der Waals surface area contributed by atoms with Gasteiger partial charge < -0.3 is 20.1 Å². The molecule has 0 unspecified atom stereocenters. The van der Waals surface area contributed by atoms with Crippen LogP contribution in [0.25, 0.3) is 16.6 Å². The Labute approximate surface area is 196 Å². The van der Waals surface area contributed by atoms with Crippen molar-refractivity contribution in [3.8, 4) is 17.2 Å². The Hall–Kier alpha value is -4.73. The summed E-state index contributed by atoms with van der Waals surface area (Å²) in [6, 6.07) is 20.7. The quantitative estimate of drug-likeness (QED) is 0.291. The van der Waals surface area contributed by atoms with E-state index >= 15 is 0 Å². The lowest BCUT2D eigenvalue weighted by Gasteiger charge is -2.12. The molecule has 0 fully saturated rings. The maximum Gasteiger partial charge on any atom is 0.573 e. The van der Waals surface area contributed by atoms with E-state index in [0.717, 1.165) is 28.7 Å². The van der Waals surface area contributed by atoms with Crippen molar-refractivity contribution in [2.24, 2.45) is 0 Å². The maximum atomic E-state index is 12.2. The highest BCUT2D eigenvalue weighted by Gasteiger charge is 2.30. The number of fused-ring (bicyclic) bond motifs is 3. The largest absolute Gasteiger partial charge is 0.573 e. The molecule has 5 aromatic rings. The minimum atomic E-state index is -4.78. The predicted octanol–water partition coefficient (Wildman–Crippen LogP) is 6.82. The van der Waals surface area contributed by atoms with Crippen LogP contribution in [0.2, 0.25) is 0 Å². The SMILES string of the molecule is O=C(Nc1ccc(Oc2cccc3ccc4nccn4c23)cc1)Nc1ccc(OC(F)(F)F)cc1. The van der Waals surface area contributed by atoms with E-state index in [-0.39, 0.29) is 5.75 Å². The van der Waals surface area contributed by atoms with E-state index in [0.29, 0.717) is 22.9 Å². The third-order valence-electron chi connectivity index (χ3n) is 5.04. The van der Waals surface area contributed by atoms with Crippen LogP contribution in [0, 0.1) is 0 Å².